The fourth-order valence-electron chi connectivity index (χ4n) is 1.09. The van der Waals surface area contributed by atoms with E-state index in [0.29, 0.717) is 11.1 Å². The van der Waals surface area contributed by atoms with Gasteiger partial charge in [-0.05, 0) is 17.7 Å². The van der Waals surface area contributed by atoms with Gasteiger partial charge in [-0.25, -0.2) is 8.42 Å². The maximum Gasteiger partial charge on any atom is 0.154 e. The first kappa shape index (κ1) is 10.7. The van der Waals surface area contributed by atoms with E-state index in [1.165, 1.54) is 0 Å². The minimum absolute atomic E-state index is 0.0129. The Morgan fingerprint density at radius 3 is 2.71 bits per heavy atom. The third-order valence-electron chi connectivity index (χ3n) is 1.88. The van der Waals surface area contributed by atoms with Gasteiger partial charge < -0.3 is 0 Å². The van der Waals surface area contributed by atoms with Gasteiger partial charge in [-0.1, -0.05) is 19.1 Å². The lowest BCUT2D eigenvalue weighted by Crippen LogP contribution is -2.06. The summed E-state index contributed by atoms with van der Waals surface area (Å²) >= 11 is 0. The molecule has 0 aliphatic carbocycles. The number of benzene rings is 1. The number of hydrogen-bond acceptors (Lipinski definition) is 3. The molecule has 0 spiro atoms. The first-order valence-electron chi connectivity index (χ1n) is 4.27. The smallest absolute Gasteiger partial charge is 0.154 e. The minimum atomic E-state index is -3.01. The molecule has 0 aromatic heterocycles. The van der Waals surface area contributed by atoms with Gasteiger partial charge in [0.25, 0.3) is 0 Å². The number of nitrogens with zero attached hydrogens (tertiary/aromatic N) is 1. The fraction of sp³-hybridized carbons (Fsp3) is 0.300. The van der Waals surface area contributed by atoms with Crippen molar-refractivity contribution in [2.45, 2.75) is 12.7 Å². The van der Waals surface area contributed by atoms with E-state index in [1.807, 2.05) is 6.07 Å². The molecule has 0 amide bonds. The molecule has 14 heavy (non-hydrogen) atoms. The van der Waals surface area contributed by atoms with Crippen molar-refractivity contribution in [3.05, 3.63) is 35.4 Å². The molecule has 1 aromatic rings. The van der Waals surface area contributed by atoms with Crippen molar-refractivity contribution in [1.29, 1.82) is 5.26 Å². The molecule has 4 heteroatoms. The first-order valence-corrected chi connectivity index (χ1v) is 6.09. The highest BCUT2D eigenvalue weighted by Crippen LogP contribution is 2.08. The Morgan fingerprint density at radius 2 is 2.14 bits per heavy atom. The number of sulfone groups is 1. The van der Waals surface area contributed by atoms with E-state index >= 15 is 0 Å². The van der Waals surface area contributed by atoms with Crippen LogP contribution in [0.1, 0.15) is 18.1 Å². The van der Waals surface area contributed by atoms with E-state index in [4.69, 9.17) is 5.26 Å². The van der Waals surface area contributed by atoms with E-state index in [2.05, 4.69) is 0 Å². The summed E-state index contributed by atoms with van der Waals surface area (Å²) in [7, 11) is -3.01. The van der Waals surface area contributed by atoms with Crippen molar-refractivity contribution in [1.82, 2.24) is 0 Å². The van der Waals surface area contributed by atoms with Crippen molar-refractivity contribution in [3.8, 4) is 6.07 Å². The zero-order valence-electron chi connectivity index (χ0n) is 7.90. The van der Waals surface area contributed by atoms with E-state index < -0.39 is 9.84 Å². The Kier molecular flexibility index (Phi) is 3.26. The van der Waals surface area contributed by atoms with Crippen LogP contribution in [0.3, 0.4) is 0 Å². The first-order chi connectivity index (χ1) is 6.57. The molecule has 0 saturated heterocycles. The van der Waals surface area contributed by atoms with Gasteiger partial charge >= 0.3 is 0 Å². The van der Waals surface area contributed by atoms with Crippen molar-refractivity contribution in [2.75, 3.05) is 5.75 Å². The normalized spacial score (nSPS) is 10.9. The minimum Gasteiger partial charge on any atom is -0.229 e. The van der Waals surface area contributed by atoms with Gasteiger partial charge in [0.2, 0.25) is 0 Å². The molecule has 3 nitrogen and oxygen atoms in total. The fourth-order valence-corrected chi connectivity index (χ4v) is 1.98. The average Bonchev–Trinajstić information content (AvgIpc) is 2.17. The van der Waals surface area contributed by atoms with Crippen LogP contribution in [-0.2, 0) is 15.6 Å². The summed E-state index contributed by atoms with van der Waals surface area (Å²) in [6.45, 7) is 1.61. The van der Waals surface area contributed by atoms with Gasteiger partial charge in [-0.2, -0.15) is 5.26 Å². The van der Waals surface area contributed by atoms with Crippen LogP contribution >= 0.6 is 0 Å². The van der Waals surface area contributed by atoms with Crippen LogP contribution in [0.2, 0.25) is 0 Å². The second-order valence-corrected chi connectivity index (χ2v) is 5.34. The van der Waals surface area contributed by atoms with Gasteiger partial charge in [-0.3, -0.25) is 0 Å². The van der Waals surface area contributed by atoms with Gasteiger partial charge in [-0.15, -0.1) is 0 Å². The SMILES string of the molecule is CCS(=O)(=O)Cc1cccc(C#N)c1. The summed E-state index contributed by atoms with van der Waals surface area (Å²) < 4.78 is 22.6. The van der Waals surface area contributed by atoms with Crippen LogP contribution in [0.25, 0.3) is 0 Å². The lowest BCUT2D eigenvalue weighted by molar-refractivity contribution is 0.596. The molecule has 1 aromatic carbocycles. The highest BCUT2D eigenvalue weighted by Gasteiger charge is 2.08. The number of rotatable bonds is 3. The van der Waals surface area contributed by atoms with Crippen LogP contribution in [0.15, 0.2) is 24.3 Å². The average molecular weight is 209 g/mol. The van der Waals surface area contributed by atoms with Crippen molar-refractivity contribution in [3.63, 3.8) is 0 Å². The van der Waals surface area contributed by atoms with Crippen molar-refractivity contribution >= 4 is 9.84 Å². The highest BCUT2D eigenvalue weighted by molar-refractivity contribution is 7.90. The quantitative estimate of drug-likeness (QED) is 0.757. The van der Waals surface area contributed by atoms with Crippen molar-refractivity contribution in [2.24, 2.45) is 0 Å². The molecule has 0 atom stereocenters. The summed E-state index contributed by atoms with van der Waals surface area (Å²) in [6.07, 6.45) is 0. The molecule has 0 aliphatic rings. The Labute approximate surface area is 83.9 Å². The highest BCUT2D eigenvalue weighted by atomic mass is 32.2. The maximum absolute atomic E-state index is 11.3. The Hall–Kier alpha value is -1.34. The van der Waals surface area contributed by atoms with Crippen LogP contribution in [0.5, 0.6) is 0 Å². The summed E-state index contributed by atoms with van der Waals surface area (Å²) in [4.78, 5) is 0. The monoisotopic (exact) mass is 209 g/mol. The van der Waals surface area contributed by atoms with Gasteiger partial charge in [0.05, 0.1) is 17.4 Å². The zero-order chi connectivity index (χ0) is 10.6. The molecule has 0 heterocycles. The molecule has 0 saturated carbocycles. The Morgan fingerprint density at radius 1 is 1.43 bits per heavy atom. The Bertz CT molecular complexity index is 457. The second-order valence-electron chi connectivity index (χ2n) is 2.99. The third kappa shape index (κ3) is 2.86. The summed E-state index contributed by atoms with van der Waals surface area (Å²) in [6, 6.07) is 8.65. The molecular formula is C10H11NO2S. The topological polar surface area (TPSA) is 57.9 Å². The summed E-state index contributed by atoms with van der Waals surface area (Å²) in [5.41, 5.74) is 1.17. The van der Waals surface area contributed by atoms with E-state index in [9.17, 15) is 8.42 Å². The summed E-state index contributed by atoms with van der Waals surface area (Å²) in [5, 5.41) is 8.62. The van der Waals surface area contributed by atoms with Crippen LogP contribution < -0.4 is 0 Å². The van der Waals surface area contributed by atoms with Crippen LogP contribution in [0, 0.1) is 11.3 Å². The van der Waals surface area contributed by atoms with Gasteiger partial charge in [0.15, 0.2) is 9.84 Å². The van der Waals surface area contributed by atoms with E-state index in [-0.39, 0.29) is 11.5 Å². The lowest BCUT2D eigenvalue weighted by atomic mass is 10.2. The molecule has 0 N–H and O–H groups in total. The predicted molar refractivity (Wildman–Crippen MR) is 54.3 cm³/mol. The van der Waals surface area contributed by atoms with Gasteiger partial charge in [0, 0.05) is 5.75 Å². The van der Waals surface area contributed by atoms with Gasteiger partial charge in [0.1, 0.15) is 0 Å². The zero-order valence-corrected chi connectivity index (χ0v) is 8.71. The van der Waals surface area contributed by atoms with Crippen LogP contribution in [0.4, 0.5) is 0 Å². The number of hydrogen-bond donors (Lipinski definition) is 0. The molecule has 1 rings (SSSR count). The van der Waals surface area contributed by atoms with E-state index in [1.54, 1.807) is 31.2 Å². The molecular weight excluding hydrogens is 198 g/mol. The molecule has 0 bridgehead atoms. The number of nitriles is 1. The van der Waals surface area contributed by atoms with Crippen LogP contribution in [-0.4, -0.2) is 14.2 Å². The molecule has 0 fully saturated rings. The summed E-state index contributed by atoms with van der Waals surface area (Å²) in [5.74, 6) is 0.142. The lowest BCUT2D eigenvalue weighted by Gasteiger charge is -2.01. The maximum atomic E-state index is 11.3. The predicted octanol–water partition coefficient (Wildman–Crippen LogP) is 1.49. The molecule has 0 radical (unpaired) electrons. The third-order valence-corrected chi connectivity index (χ3v) is 3.54. The Balaban J connectivity index is 2.94. The second kappa shape index (κ2) is 4.25. The molecule has 74 valence electrons. The molecule has 0 aliphatic heterocycles. The van der Waals surface area contributed by atoms with E-state index in [0.717, 1.165) is 0 Å². The molecule has 0 unspecified atom stereocenters. The largest absolute Gasteiger partial charge is 0.229 e. The van der Waals surface area contributed by atoms with Crippen molar-refractivity contribution < 1.29 is 8.42 Å². The standard InChI is InChI=1S/C10H11NO2S/c1-2-14(12,13)8-10-5-3-4-9(6-10)7-11/h3-6H,2,8H2,1H3.